The molecule has 1 heterocycles. The van der Waals surface area contributed by atoms with Gasteiger partial charge in [-0.2, -0.15) is 0 Å². The fraction of sp³-hybridized carbons (Fsp3) is 0.889. The SMILES string of the molecule is O=C1N[C@H]2CCCC[C@H](Cl)[C@H]2C1(Cl)Cl. The van der Waals surface area contributed by atoms with Crippen LogP contribution < -0.4 is 5.32 Å². The van der Waals surface area contributed by atoms with Crippen molar-refractivity contribution in [2.24, 2.45) is 5.92 Å². The zero-order chi connectivity index (χ0) is 10.3. The Bertz CT molecular complexity index is 256. The van der Waals surface area contributed by atoms with Gasteiger partial charge in [0.2, 0.25) is 4.33 Å². The predicted octanol–water partition coefficient (Wildman–Crippen LogP) is 2.46. The van der Waals surface area contributed by atoms with Crippen molar-refractivity contribution in [3.8, 4) is 0 Å². The van der Waals surface area contributed by atoms with Crippen molar-refractivity contribution >= 4 is 40.7 Å². The Morgan fingerprint density at radius 1 is 1.29 bits per heavy atom. The molecule has 0 aromatic rings. The van der Waals surface area contributed by atoms with Gasteiger partial charge in [0, 0.05) is 17.3 Å². The molecular formula is C9H12Cl3NO. The Morgan fingerprint density at radius 3 is 2.64 bits per heavy atom. The maximum atomic E-state index is 11.5. The van der Waals surface area contributed by atoms with Crippen LogP contribution in [0.4, 0.5) is 0 Å². The zero-order valence-corrected chi connectivity index (χ0v) is 9.87. The van der Waals surface area contributed by atoms with Gasteiger partial charge in [-0.1, -0.05) is 36.0 Å². The molecule has 1 aliphatic carbocycles. The molecule has 2 fully saturated rings. The standard InChI is InChI=1S/C9H12Cl3NO/c10-5-3-1-2-4-6-7(5)9(11,12)8(14)13-6/h5-7H,1-4H2,(H,13,14)/t5-,6-,7+/m0/s1. The van der Waals surface area contributed by atoms with E-state index in [9.17, 15) is 4.79 Å². The maximum Gasteiger partial charge on any atom is 0.257 e. The van der Waals surface area contributed by atoms with Gasteiger partial charge in [-0.05, 0) is 12.8 Å². The third-order valence-electron chi connectivity index (χ3n) is 3.11. The number of amides is 1. The molecule has 14 heavy (non-hydrogen) atoms. The van der Waals surface area contributed by atoms with Crippen molar-refractivity contribution < 1.29 is 4.79 Å². The number of carbonyl (C=O) groups excluding carboxylic acids is 1. The number of hydrogen-bond acceptors (Lipinski definition) is 1. The van der Waals surface area contributed by atoms with Crippen LogP contribution in [0, 0.1) is 5.92 Å². The highest BCUT2D eigenvalue weighted by Gasteiger charge is 2.55. The molecular weight excluding hydrogens is 244 g/mol. The van der Waals surface area contributed by atoms with Gasteiger partial charge in [0.05, 0.1) is 0 Å². The molecule has 80 valence electrons. The zero-order valence-electron chi connectivity index (χ0n) is 7.60. The van der Waals surface area contributed by atoms with Crippen molar-refractivity contribution in [3.63, 3.8) is 0 Å². The van der Waals surface area contributed by atoms with Gasteiger partial charge >= 0.3 is 0 Å². The Hall–Kier alpha value is 0.340. The van der Waals surface area contributed by atoms with Gasteiger partial charge < -0.3 is 5.32 Å². The molecule has 1 saturated carbocycles. The van der Waals surface area contributed by atoms with Crippen LogP contribution in [-0.4, -0.2) is 21.7 Å². The van der Waals surface area contributed by atoms with Gasteiger partial charge in [-0.25, -0.2) is 0 Å². The lowest BCUT2D eigenvalue weighted by Crippen LogP contribution is -2.36. The van der Waals surface area contributed by atoms with Crippen molar-refractivity contribution in [2.75, 3.05) is 0 Å². The summed E-state index contributed by atoms with van der Waals surface area (Å²) in [5.74, 6) is -0.439. The second-order valence-corrected chi connectivity index (χ2v) is 5.98. The molecule has 3 atom stereocenters. The van der Waals surface area contributed by atoms with Crippen molar-refractivity contribution in [2.45, 2.75) is 41.4 Å². The summed E-state index contributed by atoms with van der Waals surface area (Å²) < 4.78 is -1.33. The fourth-order valence-corrected chi connectivity index (χ4v) is 3.74. The quantitative estimate of drug-likeness (QED) is 0.663. The highest BCUT2D eigenvalue weighted by molar-refractivity contribution is 6.59. The maximum absolute atomic E-state index is 11.5. The number of halogens is 3. The van der Waals surface area contributed by atoms with Crippen LogP contribution in [0.25, 0.3) is 0 Å². The second-order valence-electron chi connectivity index (χ2n) is 4.03. The van der Waals surface area contributed by atoms with Crippen LogP contribution in [0.3, 0.4) is 0 Å². The average molecular weight is 257 g/mol. The second kappa shape index (κ2) is 3.73. The van der Waals surface area contributed by atoms with Gasteiger partial charge in [0.25, 0.3) is 5.91 Å². The molecule has 2 rings (SSSR count). The topological polar surface area (TPSA) is 29.1 Å². The number of fused-ring (bicyclic) bond motifs is 1. The largest absolute Gasteiger partial charge is 0.350 e. The molecule has 0 spiro atoms. The van der Waals surface area contributed by atoms with E-state index >= 15 is 0 Å². The number of rotatable bonds is 0. The first kappa shape index (κ1) is 10.8. The van der Waals surface area contributed by atoms with E-state index < -0.39 is 4.33 Å². The van der Waals surface area contributed by atoms with E-state index in [4.69, 9.17) is 34.8 Å². The Kier molecular flexibility index (Phi) is 2.89. The molecule has 0 radical (unpaired) electrons. The first-order chi connectivity index (χ1) is 6.53. The predicted molar refractivity (Wildman–Crippen MR) is 58.0 cm³/mol. The van der Waals surface area contributed by atoms with E-state index in [1.165, 1.54) is 0 Å². The number of alkyl halides is 3. The van der Waals surface area contributed by atoms with Gasteiger partial charge in [0.15, 0.2) is 0 Å². The summed E-state index contributed by atoms with van der Waals surface area (Å²) in [7, 11) is 0. The molecule has 5 heteroatoms. The minimum absolute atomic E-state index is 0.0579. The van der Waals surface area contributed by atoms with Crippen LogP contribution in [0.2, 0.25) is 0 Å². The lowest BCUT2D eigenvalue weighted by molar-refractivity contribution is -0.120. The summed E-state index contributed by atoms with van der Waals surface area (Å²) in [6, 6.07) is 0.0579. The molecule has 0 aromatic heterocycles. The smallest absolute Gasteiger partial charge is 0.257 e. The number of carbonyl (C=O) groups is 1. The first-order valence-electron chi connectivity index (χ1n) is 4.86. The van der Waals surface area contributed by atoms with E-state index in [-0.39, 0.29) is 23.2 Å². The Morgan fingerprint density at radius 2 is 1.93 bits per heavy atom. The number of hydrogen-bond donors (Lipinski definition) is 1. The lowest BCUT2D eigenvalue weighted by atomic mass is 9.94. The molecule has 2 aliphatic rings. The summed E-state index contributed by atoms with van der Waals surface area (Å²) >= 11 is 18.3. The first-order valence-corrected chi connectivity index (χ1v) is 6.05. The van der Waals surface area contributed by atoms with Crippen LogP contribution in [0.1, 0.15) is 25.7 Å². The van der Waals surface area contributed by atoms with E-state index in [1.807, 2.05) is 0 Å². The highest BCUT2D eigenvalue weighted by Crippen LogP contribution is 2.45. The molecule has 2 nitrogen and oxygen atoms in total. The molecule has 1 aliphatic heterocycles. The summed E-state index contributed by atoms with van der Waals surface area (Å²) in [6.07, 6.45) is 3.98. The molecule has 0 aromatic carbocycles. The summed E-state index contributed by atoms with van der Waals surface area (Å²) in [4.78, 5) is 11.5. The normalized spacial score (nSPS) is 41.4. The fourth-order valence-electron chi connectivity index (χ4n) is 2.37. The molecule has 1 saturated heterocycles. The van der Waals surface area contributed by atoms with Crippen LogP contribution in [0.15, 0.2) is 0 Å². The molecule has 0 bridgehead atoms. The van der Waals surface area contributed by atoms with Crippen molar-refractivity contribution in [1.29, 1.82) is 0 Å². The third-order valence-corrected chi connectivity index (χ3v) is 4.44. The van der Waals surface area contributed by atoms with E-state index in [1.54, 1.807) is 0 Å². The van der Waals surface area contributed by atoms with E-state index in [0.717, 1.165) is 25.7 Å². The van der Waals surface area contributed by atoms with Gasteiger partial charge in [-0.15, -0.1) is 11.6 Å². The highest BCUT2D eigenvalue weighted by atomic mass is 35.5. The molecule has 1 amide bonds. The Balaban J connectivity index is 2.27. The summed E-state index contributed by atoms with van der Waals surface area (Å²) in [6.45, 7) is 0. The van der Waals surface area contributed by atoms with Crippen LogP contribution in [-0.2, 0) is 4.79 Å². The van der Waals surface area contributed by atoms with E-state index in [0.29, 0.717) is 0 Å². The molecule has 1 N–H and O–H groups in total. The van der Waals surface area contributed by atoms with Gasteiger partial charge in [0.1, 0.15) is 0 Å². The summed E-state index contributed by atoms with van der Waals surface area (Å²) in [5, 5.41) is 2.73. The number of nitrogens with one attached hydrogen (secondary N) is 1. The Labute approximate surface area is 98.3 Å². The summed E-state index contributed by atoms with van der Waals surface area (Å²) in [5.41, 5.74) is 0. The van der Waals surface area contributed by atoms with Crippen molar-refractivity contribution in [1.82, 2.24) is 5.32 Å². The minimum atomic E-state index is -1.33. The minimum Gasteiger partial charge on any atom is -0.350 e. The van der Waals surface area contributed by atoms with Crippen LogP contribution in [0.5, 0.6) is 0 Å². The van der Waals surface area contributed by atoms with E-state index in [2.05, 4.69) is 5.32 Å². The monoisotopic (exact) mass is 255 g/mol. The average Bonchev–Trinajstić information content (AvgIpc) is 2.26. The molecule has 0 unspecified atom stereocenters. The lowest BCUT2D eigenvalue weighted by Gasteiger charge is -2.25. The van der Waals surface area contributed by atoms with Gasteiger partial charge in [-0.3, -0.25) is 4.79 Å². The van der Waals surface area contributed by atoms with Crippen molar-refractivity contribution in [3.05, 3.63) is 0 Å². The third kappa shape index (κ3) is 1.62. The van der Waals surface area contributed by atoms with Crippen LogP contribution >= 0.6 is 34.8 Å².